The molecule has 4 heterocycles. The fourth-order valence-electron chi connectivity index (χ4n) is 4.63. The summed E-state index contributed by atoms with van der Waals surface area (Å²) in [5, 5.41) is 3.06. The number of rotatable bonds is 5. The molecule has 0 saturated carbocycles. The molecular weight excluding hydrogens is 536 g/mol. The molecule has 0 aliphatic carbocycles. The van der Waals surface area contributed by atoms with Gasteiger partial charge >= 0.3 is 0 Å². The zero-order valence-electron chi connectivity index (χ0n) is 20.3. The highest BCUT2D eigenvalue weighted by Gasteiger charge is 2.32. The summed E-state index contributed by atoms with van der Waals surface area (Å²) in [5.74, 6) is 0.0727. The van der Waals surface area contributed by atoms with Crippen molar-refractivity contribution >= 4 is 44.8 Å². The average molecular weight is 563 g/mol. The molecule has 2 aliphatic heterocycles. The van der Waals surface area contributed by atoms with E-state index in [1.807, 2.05) is 6.92 Å². The Hall–Kier alpha value is -2.73. The van der Waals surface area contributed by atoms with Crippen molar-refractivity contribution in [2.75, 3.05) is 39.3 Å². The van der Waals surface area contributed by atoms with Crippen LogP contribution in [0.3, 0.4) is 0 Å². The van der Waals surface area contributed by atoms with E-state index in [0.29, 0.717) is 68.6 Å². The van der Waals surface area contributed by atoms with E-state index < -0.39 is 10.0 Å². The van der Waals surface area contributed by atoms with Crippen LogP contribution >= 0.6 is 22.9 Å². The molecule has 2 amide bonds. The Labute approximate surface area is 224 Å². The van der Waals surface area contributed by atoms with Crippen molar-refractivity contribution in [1.82, 2.24) is 19.1 Å². The third-order valence-electron chi connectivity index (χ3n) is 6.91. The summed E-state index contributed by atoms with van der Waals surface area (Å²) in [6.45, 7) is 4.32. The molecule has 0 spiro atoms. The molecule has 0 unspecified atom stereocenters. The third kappa shape index (κ3) is 5.31. The number of benzene rings is 1. The fraction of sp³-hybridized carbons (Fsp3) is 0.400. The normalized spacial score (nSPS) is 17.8. The molecule has 9 nitrogen and oxygen atoms in total. The SMILES string of the molecule is Cc1ccc(S(=O)(=O)N2CCC(c3nc(C(=O)N4CCN(C(=O)c5ccco5)CC4)cs3)CC2)cc1Cl. The number of nitrogens with zero attached hydrogens (tertiary/aromatic N) is 4. The van der Waals surface area contributed by atoms with E-state index in [4.69, 9.17) is 16.0 Å². The summed E-state index contributed by atoms with van der Waals surface area (Å²) in [7, 11) is -3.62. The van der Waals surface area contributed by atoms with Crippen LogP contribution in [0, 0.1) is 6.92 Å². The van der Waals surface area contributed by atoms with Gasteiger partial charge in [0.1, 0.15) is 5.69 Å². The lowest BCUT2D eigenvalue weighted by Crippen LogP contribution is -2.50. The van der Waals surface area contributed by atoms with Crippen LogP contribution in [0.15, 0.2) is 51.3 Å². The van der Waals surface area contributed by atoms with E-state index >= 15 is 0 Å². The van der Waals surface area contributed by atoms with Gasteiger partial charge in [-0.05, 0) is 49.6 Å². The number of sulfonamides is 1. The van der Waals surface area contributed by atoms with Gasteiger partial charge in [-0.1, -0.05) is 17.7 Å². The van der Waals surface area contributed by atoms with Crippen molar-refractivity contribution < 1.29 is 22.4 Å². The lowest BCUT2D eigenvalue weighted by Gasteiger charge is -2.34. The van der Waals surface area contributed by atoms with Crippen LogP contribution in [0.4, 0.5) is 0 Å². The number of amides is 2. The standard InChI is InChI=1S/C25H27ClN4O5S2/c1-17-4-5-19(15-20(17)26)37(33,34)30-8-6-18(7-9-30)23-27-21(16-36-23)24(31)28-10-12-29(13-11-28)25(32)22-3-2-14-35-22/h2-5,14-16,18H,6-13H2,1H3. The van der Waals surface area contributed by atoms with E-state index in [2.05, 4.69) is 4.98 Å². The highest BCUT2D eigenvalue weighted by Crippen LogP contribution is 2.33. The summed E-state index contributed by atoms with van der Waals surface area (Å²) in [5.41, 5.74) is 1.23. The topological polar surface area (TPSA) is 104 Å². The molecule has 0 atom stereocenters. The minimum atomic E-state index is -3.62. The van der Waals surface area contributed by atoms with Crippen molar-refractivity contribution in [2.45, 2.75) is 30.6 Å². The van der Waals surface area contributed by atoms with Crippen molar-refractivity contribution in [3.8, 4) is 0 Å². The van der Waals surface area contributed by atoms with Crippen LogP contribution in [-0.2, 0) is 10.0 Å². The third-order valence-corrected chi connectivity index (χ3v) is 10.2. The van der Waals surface area contributed by atoms with Gasteiger partial charge in [-0.3, -0.25) is 9.59 Å². The zero-order valence-corrected chi connectivity index (χ0v) is 22.7. The van der Waals surface area contributed by atoms with Gasteiger partial charge in [-0.2, -0.15) is 4.31 Å². The molecule has 5 rings (SSSR count). The van der Waals surface area contributed by atoms with Gasteiger partial charge in [0.2, 0.25) is 10.0 Å². The summed E-state index contributed by atoms with van der Waals surface area (Å²) < 4.78 is 32.8. The smallest absolute Gasteiger partial charge is 0.289 e. The number of piperazine rings is 1. The summed E-state index contributed by atoms with van der Waals surface area (Å²) in [4.78, 5) is 33.7. The predicted octanol–water partition coefficient (Wildman–Crippen LogP) is 3.86. The van der Waals surface area contributed by atoms with Crippen molar-refractivity contribution in [1.29, 1.82) is 0 Å². The number of aryl methyl sites for hydroxylation is 1. The number of carbonyl (C=O) groups excluding carboxylic acids is 2. The number of piperidine rings is 1. The molecular formula is C25H27ClN4O5S2. The number of furan rings is 1. The number of hydrogen-bond acceptors (Lipinski definition) is 7. The van der Waals surface area contributed by atoms with Gasteiger partial charge in [0, 0.05) is 55.6 Å². The first-order valence-corrected chi connectivity index (χ1v) is 14.8. The van der Waals surface area contributed by atoms with Crippen molar-refractivity contribution in [3.63, 3.8) is 0 Å². The van der Waals surface area contributed by atoms with E-state index in [1.54, 1.807) is 39.4 Å². The van der Waals surface area contributed by atoms with Gasteiger partial charge in [0.15, 0.2) is 5.76 Å². The number of thiazole rings is 1. The minimum Gasteiger partial charge on any atom is -0.459 e. The number of carbonyl (C=O) groups is 2. The molecule has 37 heavy (non-hydrogen) atoms. The largest absolute Gasteiger partial charge is 0.459 e. The Morgan fingerprint density at radius 2 is 1.70 bits per heavy atom. The second kappa shape index (κ2) is 10.6. The maximum absolute atomic E-state index is 13.1. The Morgan fingerprint density at radius 1 is 1.03 bits per heavy atom. The van der Waals surface area contributed by atoms with Crippen LogP contribution in [0.1, 0.15) is 50.4 Å². The Morgan fingerprint density at radius 3 is 2.32 bits per heavy atom. The van der Waals surface area contributed by atoms with Gasteiger partial charge in [-0.25, -0.2) is 13.4 Å². The molecule has 196 valence electrons. The molecule has 1 aromatic carbocycles. The molecule has 2 fully saturated rings. The second-order valence-electron chi connectivity index (χ2n) is 9.22. The van der Waals surface area contributed by atoms with Crippen LogP contribution in [0.2, 0.25) is 5.02 Å². The maximum Gasteiger partial charge on any atom is 0.289 e. The molecule has 0 radical (unpaired) electrons. The highest BCUT2D eigenvalue weighted by atomic mass is 35.5. The monoisotopic (exact) mass is 562 g/mol. The first kappa shape index (κ1) is 25.9. The second-order valence-corrected chi connectivity index (χ2v) is 12.5. The van der Waals surface area contributed by atoms with Gasteiger partial charge < -0.3 is 14.2 Å². The first-order chi connectivity index (χ1) is 17.7. The number of halogens is 1. The highest BCUT2D eigenvalue weighted by molar-refractivity contribution is 7.89. The lowest BCUT2D eigenvalue weighted by atomic mass is 9.99. The molecule has 12 heteroatoms. The van der Waals surface area contributed by atoms with E-state index in [0.717, 1.165) is 10.6 Å². The van der Waals surface area contributed by atoms with Gasteiger partial charge in [-0.15, -0.1) is 11.3 Å². The van der Waals surface area contributed by atoms with Crippen molar-refractivity contribution in [3.05, 3.63) is 69.0 Å². The Kier molecular flexibility index (Phi) is 7.39. The predicted molar refractivity (Wildman–Crippen MR) is 140 cm³/mol. The molecule has 2 aromatic heterocycles. The van der Waals surface area contributed by atoms with Crippen molar-refractivity contribution in [2.24, 2.45) is 0 Å². The van der Waals surface area contributed by atoms with Gasteiger partial charge in [0.25, 0.3) is 11.8 Å². The quantitative estimate of drug-likeness (QED) is 0.468. The molecule has 3 aromatic rings. The summed E-state index contributed by atoms with van der Waals surface area (Å²) in [6, 6.07) is 8.12. The first-order valence-electron chi connectivity index (χ1n) is 12.1. The average Bonchev–Trinajstić information content (AvgIpc) is 3.63. The summed E-state index contributed by atoms with van der Waals surface area (Å²) in [6.07, 6.45) is 2.73. The minimum absolute atomic E-state index is 0.0994. The molecule has 2 saturated heterocycles. The summed E-state index contributed by atoms with van der Waals surface area (Å²) >= 11 is 7.59. The number of aromatic nitrogens is 1. The maximum atomic E-state index is 13.1. The van der Waals surface area contributed by atoms with Crippen LogP contribution < -0.4 is 0 Å². The van der Waals surface area contributed by atoms with Gasteiger partial charge in [0.05, 0.1) is 16.2 Å². The molecule has 0 bridgehead atoms. The van der Waals surface area contributed by atoms with E-state index in [9.17, 15) is 18.0 Å². The van der Waals surface area contributed by atoms with E-state index in [-0.39, 0.29) is 22.6 Å². The molecule has 0 N–H and O–H groups in total. The zero-order chi connectivity index (χ0) is 26.2. The van der Waals surface area contributed by atoms with E-state index in [1.165, 1.54) is 28.0 Å². The van der Waals surface area contributed by atoms with Crippen LogP contribution in [0.5, 0.6) is 0 Å². The Bertz CT molecular complexity index is 1390. The lowest BCUT2D eigenvalue weighted by molar-refractivity contribution is 0.0515. The fourth-order valence-corrected chi connectivity index (χ4v) is 7.34. The van der Waals surface area contributed by atoms with Crippen LogP contribution in [0.25, 0.3) is 0 Å². The number of hydrogen-bond donors (Lipinski definition) is 0. The molecule has 2 aliphatic rings. The van der Waals surface area contributed by atoms with Crippen LogP contribution in [-0.4, -0.2) is 78.6 Å². The Balaban J connectivity index is 1.16.